The van der Waals surface area contributed by atoms with Crippen molar-refractivity contribution in [2.24, 2.45) is 0 Å². The van der Waals surface area contributed by atoms with Gasteiger partial charge < -0.3 is 14.8 Å². The van der Waals surface area contributed by atoms with Crippen LogP contribution in [0.2, 0.25) is 0 Å². The lowest BCUT2D eigenvalue weighted by Gasteiger charge is -2.40. The maximum atomic E-state index is 12.7. The number of nitrogens with one attached hydrogen (secondary N) is 1. The van der Waals surface area contributed by atoms with Crippen LogP contribution in [0.5, 0.6) is 0 Å². The minimum atomic E-state index is -4.74. The van der Waals surface area contributed by atoms with Crippen LogP contribution in [0.25, 0.3) is 0 Å². The molecule has 0 heterocycles. The van der Waals surface area contributed by atoms with Gasteiger partial charge in [-0.1, -0.05) is 0 Å². The van der Waals surface area contributed by atoms with E-state index in [2.05, 4.69) is 5.32 Å². The van der Waals surface area contributed by atoms with E-state index in [-0.39, 0.29) is 12.8 Å². The van der Waals surface area contributed by atoms with Gasteiger partial charge in [0.15, 0.2) is 5.37 Å². The summed E-state index contributed by atoms with van der Waals surface area (Å²) in [5.74, 6) is 0. The van der Waals surface area contributed by atoms with Crippen molar-refractivity contribution in [2.75, 3.05) is 0 Å². The summed E-state index contributed by atoms with van der Waals surface area (Å²) < 4.78 is 44.3. The van der Waals surface area contributed by atoms with Gasteiger partial charge in [-0.3, -0.25) is 9.45 Å². The first kappa shape index (κ1) is 26.9. The number of hydrogen-bond donors (Lipinski definition) is 2. The van der Waals surface area contributed by atoms with E-state index < -0.39 is 51.0 Å². The number of ether oxygens (including phenoxy) is 2. The van der Waals surface area contributed by atoms with E-state index in [0.717, 1.165) is 4.90 Å². The first-order chi connectivity index (χ1) is 12.9. The SMILES string of the molecule is C[C@H](C[C@H](N(C(=O)O[C@H](C)CC#N)C(C)(C)C)S(=O)(=O)O)NC(=O)OC(C)(C)C. The minimum Gasteiger partial charge on any atom is -0.445 e. The second kappa shape index (κ2) is 10.1. The van der Waals surface area contributed by atoms with Crippen molar-refractivity contribution in [1.82, 2.24) is 10.2 Å². The number of hydrogen-bond acceptors (Lipinski definition) is 7. The van der Waals surface area contributed by atoms with E-state index >= 15 is 0 Å². The normalized spacial score (nSPS) is 15.4. The molecule has 0 aromatic carbocycles. The van der Waals surface area contributed by atoms with Gasteiger partial charge in [0.1, 0.15) is 11.7 Å². The van der Waals surface area contributed by atoms with Crippen molar-refractivity contribution in [3.05, 3.63) is 0 Å². The third-order valence-corrected chi connectivity index (χ3v) is 4.64. The van der Waals surface area contributed by atoms with Gasteiger partial charge in [0.25, 0.3) is 10.1 Å². The van der Waals surface area contributed by atoms with Crippen LogP contribution in [0.1, 0.15) is 68.2 Å². The highest BCUT2D eigenvalue weighted by molar-refractivity contribution is 7.86. The fourth-order valence-electron chi connectivity index (χ4n) is 2.45. The second-order valence-corrected chi connectivity index (χ2v) is 10.4. The number of alkyl carbamates (subject to hydrolysis) is 1. The summed E-state index contributed by atoms with van der Waals surface area (Å²) in [5.41, 5.74) is -1.79. The third kappa shape index (κ3) is 10.3. The molecule has 0 spiro atoms. The number of carbonyl (C=O) groups is 2. The molecule has 0 saturated carbocycles. The Hall–Kier alpha value is -2.06. The molecule has 0 aliphatic carbocycles. The molecule has 3 atom stereocenters. The van der Waals surface area contributed by atoms with E-state index in [1.165, 1.54) is 13.8 Å². The molecule has 11 heteroatoms. The zero-order chi connectivity index (χ0) is 23.2. The lowest BCUT2D eigenvalue weighted by atomic mass is 10.1. The molecule has 0 fully saturated rings. The molecule has 0 aliphatic heterocycles. The quantitative estimate of drug-likeness (QED) is 0.580. The largest absolute Gasteiger partial charge is 0.445 e. The van der Waals surface area contributed by atoms with Crippen molar-refractivity contribution < 1.29 is 32.0 Å². The van der Waals surface area contributed by atoms with E-state index in [4.69, 9.17) is 14.7 Å². The van der Waals surface area contributed by atoms with Crippen LogP contribution >= 0.6 is 0 Å². The Morgan fingerprint density at radius 3 is 2.07 bits per heavy atom. The monoisotopic (exact) mass is 435 g/mol. The molecule has 29 heavy (non-hydrogen) atoms. The molecular formula is C18H33N3O7S. The molecule has 10 nitrogen and oxygen atoms in total. The van der Waals surface area contributed by atoms with Gasteiger partial charge >= 0.3 is 12.2 Å². The topological polar surface area (TPSA) is 146 Å². The predicted octanol–water partition coefficient (Wildman–Crippen LogP) is 3.04. The van der Waals surface area contributed by atoms with Crippen molar-refractivity contribution >= 4 is 22.3 Å². The number of nitriles is 1. The second-order valence-electron chi connectivity index (χ2n) is 8.85. The van der Waals surface area contributed by atoms with E-state index in [9.17, 15) is 22.6 Å². The summed E-state index contributed by atoms with van der Waals surface area (Å²) in [6, 6.07) is 1.10. The summed E-state index contributed by atoms with van der Waals surface area (Å²) >= 11 is 0. The molecule has 2 N–H and O–H groups in total. The standard InChI is InChI=1S/C18H33N3O7S/c1-12(20-15(22)28-18(6,7)8)11-14(29(24,25)26)21(17(3,4)5)16(23)27-13(2)9-10-19/h12-14H,9,11H2,1-8H3,(H,20,22)(H,24,25,26)/t12-,13-,14-/m1/s1. The summed E-state index contributed by atoms with van der Waals surface area (Å²) in [6.07, 6.45) is -2.90. The number of rotatable bonds is 7. The Morgan fingerprint density at radius 1 is 1.17 bits per heavy atom. The fraction of sp³-hybridized carbons (Fsp3) is 0.833. The average Bonchev–Trinajstić information content (AvgIpc) is 2.41. The predicted molar refractivity (Wildman–Crippen MR) is 107 cm³/mol. The van der Waals surface area contributed by atoms with Crippen LogP contribution in [0.15, 0.2) is 0 Å². The molecule has 0 aromatic heterocycles. The van der Waals surface area contributed by atoms with Crippen LogP contribution < -0.4 is 5.32 Å². The number of amides is 2. The highest BCUT2D eigenvalue weighted by atomic mass is 32.2. The van der Waals surface area contributed by atoms with Crippen LogP contribution in [0, 0.1) is 11.3 Å². The Balaban J connectivity index is 5.65. The highest BCUT2D eigenvalue weighted by Gasteiger charge is 2.42. The maximum Gasteiger partial charge on any atom is 0.411 e. The van der Waals surface area contributed by atoms with Gasteiger partial charge in [-0.2, -0.15) is 13.7 Å². The third-order valence-electron chi connectivity index (χ3n) is 3.55. The van der Waals surface area contributed by atoms with E-state index in [1.54, 1.807) is 41.5 Å². The van der Waals surface area contributed by atoms with Gasteiger partial charge in [-0.25, -0.2) is 9.59 Å². The van der Waals surface area contributed by atoms with Crippen LogP contribution in [-0.4, -0.2) is 58.7 Å². The summed E-state index contributed by atoms with van der Waals surface area (Å²) in [6.45, 7) is 12.8. The Bertz CT molecular complexity index is 717. The average molecular weight is 436 g/mol. The molecular weight excluding hydrogens is 402 g/mol. The molecule has 0 aromatic rings. The van der Waals surface area contributed by atoms with Gasteiger partial charge in [-0.05, 0) is 55.4 Å². The number of nitrogens with zero attached hydrogens (tertiary/aromatic N) is 2. The molecule has 0 unspecified atom stereocenters. The molecule has 0 saturated heterocycles. The van der Waals surface area contributed by atoms with E-state index in [1.807, 2.05) is 6.07 Å². The van der Waals surface area contributed by atoms with Crippen molar-refractivity contribution in [3.63, 3.8) is 0 Å². The van der Waals surface area contributed by atoms with Crippen LogP contribution in [0.4, 0.5) is 9.59 Å². The first-order valence-electron chi connectivity index (χ1n) is 9.21. The van der Waals surface area contributed by atoms with Crippen molar-refractivity contribution in [3.8, 4) is 6.07 Å². The Morgan fingerprint density at radius 2 is 1.69 bits per heavy atom. The zero-order valence-electron chi connectivity index (χ0n) is 18.3. The van der Waals surface area contributed by atoms with E-state index in [0.29, 0.717) is 0 Å². The van der Waals surface area contributed by atoms with Gasteiger partial charge in [0.2, 0.25) is 0 Å². The van der Waals surface area contributed by atoms with Gasteiger partial charge in [-0.15, -0.1) is 0 Å². The van der Waals surface area contributed by atoms with Crippen molar-refractivity contribution in [2.45, 2.75) is 96.9 Å². The first-order valence-corrected chi connectivity index (χ1v) is 10.7. The summed E-state index contributed by atoms with van der Waals surface area (Å²) in [4.78, 5) is 25.5. The Labute approximate surface area is 173 Å². The van der Waals surface area contributed by atoms with Gasteiger partial charge in [0, 0.05) is 18.0 Å². The molecule has 0 radical (unpaired) electrons. The zero-order valence-corrected chi connectivity index (χ0v) is 19.2. The van der Waals surface area contributed by atoms with Crippen LogP contribution in [0.3, 0.4) is 0 Å². The summed E-state index contributed by atoms with van der Waals surface area (Å²) in [7, 11) is -4.74. The highest BCUT2D eigenvalue weighted by Crippen LogP contribution is 2.25. The van der Waals surface area contributed by atoms with Crippen molar-refractivity contribution in [1.29, 1.82) is 5.26 Å². The van der Waals surface area contributed by atoms with Gasteiger partial charge in [0.05, 0.1) is 12.5 Å². The smallest absolute Gasteiger partial charge is 0.411 e. The number of carbonyl (C=O) groups excluding carboxylic acids is 2. The van der Waals surface area contributed by atoms with Crippen LogP contribution in [-0.2, 0) is 19.6 Å². The molecule has 0 bridgehead atoms. The minimum absolute atomic E-state index is 0.0726. The molecule has 0 rings (SSSR count). The molecule has 2 amide bonds. The molecule has 0 aliphatic rings. The fourth-order valence-corrected chi connectivity index (χ4v) is 3.65. The molecule has 168 valence electrons. The maximum absolute atomic E-state index is 12.7. The lowest BCUT2D eigenvalue weighted by molar-refractivity contribution is 0.0328. The Kier molecular flexibility index (Phi) is 9.40. The lowest BCUT2D eigenvalue weighted by Crippen LogP contribution is -2.56. The summed E-state index contributed by atoms with van der Waals surface area (Å²) in [5, 5.41) is 9.53.